The van der Waals surface area contributed by atoms with Crippen molar-refractivity contribution < 1.29 is 23.5 Å². The normalized spacial score (nSPS) is 21.1. The third-order valence-corrected chi connectivity index (χ3v) is 6.75. The number of hydrogen-bond acceptors (Lipinski definition) is 6. The number of methoxy groups -OCH3 is 1. The van der Waals surface area contributed by atoms with E-state index < -0.39 is 11.9 Å². The first kappa shape index (κ1) is 21.5. The standard InChI is InChI=1S/C24H24FNO4S/c1-14-21(24(28)30-10-9-29-2)22(15-5-7-17(25)8-6-15)23-18(26-14)12-16(13-19(23)27)20-4-3-11-31-20/h3-8,11,16,22,26H,9-10,12-13H2,1-2H3/t16-,22+/m0/s1. The first-order chi connectivity index (χ1) is 15.0. The van der Waals surface area contributed by atoms with E-state index in [2.05, 4.69) is 11.4 Å². The van der Waals surface area contributed by atoms with E-state index in [0.29, 0.717) is 35.2 Å². The largest absolute Gasteiger partial charge is 0.460 e. The lowest BCUT2D eigenvalue weighted by atomic mass is 9.72. The molecule has 162 valence electrons. The van der Waals surface area contributed by atoms with Crippen LogP contribution >= 0.6 is 11.3 Å². The molecular weight excluding hydrogens is 417 g/mol. The number of carbonyl (C=O) groups excluding carboxylic acids is 2. The molecule has 1 aromatic heterocycles. The smallest absolute Gasteiger partial charge is 0.336 e. The van der Waals surface area contributed by atoms with Gasteiger partial charge in [0.2, 0.25) is 0 Å². The number of ether oxygens (including phenoxy) is 2. The van der Waals surface area contributed by atoms with Gasteiger partial charge >= 0.3 is 5.97 Å². The lowest BCUT2D eigenvalue weighted by molar-refractivity contribution is -0.140. The van der Waals surface area contributed by atoms with Crippen molar-refractivity contribution in [1.29, 1.82) is 0 Å². The summed E-state index contributed by atoms with van der Waals surface area (Å²) < 4.78 is 24.0. The van der Waals surface area contributed by atoms with Crippen molar-refractivity contribution >= 4 is 23.1 Å². The van der Waals surface area contributed by atoms with Crippen LogP contribution in [0.1, 0.15) is 42.0 Å². The van der Waals surface area contributed by atoms with E-state index in [1.165, 1.54) is 24.1 Å². The molecule has 5 nitrogen and oxygen atoms in total. The molecule has 1 aliphatic heterocycles. The SMILES string of the molecule is COCCOC(=O)C1=C(C)NC2=C(C(=O)C[C@@H](c3cccs3)C2)[C@@H]1c1ccc(F)cc1. The van der Waals surface area contributed by atoms with E-state index in [1.807, 2.05) is 18.4 Å². The van der Waals surface area contributed by atoms with E-state index in [4.69, 9.17) is 9.47 Å². The zero-order valence-electron chi connectivity index (χ0n) is 17.4. The molecule has 2 aliphatic rings. The van der Waals surface area contributed by atoms with Crippen molar-refractivity contribution in [3.63, 3.8) is 0 Å². The second kappa shape index (κ2) is 9.16. The maximum atomic E-state index is 13.6. The van der Waals surface area contributed by atoms with Crippen LogP contribution in [0.15, 0.2) is 64.3 Å². The number of thiophene rings is 1. The number of halogens is 1. The van der Waals surface area contributed by atoms with Crippen LogP contribution in [0.4, 0.5) is 4.39 Å². The van der Waals surface area contributed by atoms with Crippen molar-refractivity contribution in [2.24, 2.45) is 0 Å². The summed E-state index contributed by atoms with van der Waals surface area (Å²) in [6.45, 7) is 2.21. The van der Waals surface area contributed by atoms with Gasteiger partial charge in [0.05, 0.1) is 12.2 Å². The van der Waals surface area contributed by atoms with Gasteiger partial charge in [-0.15, -0.1) is 11.3 Å². The molecule has 0 radical (unpaired) electrons. The van der Waals surface area contributed by atoms with Gasteiger partial charge in [0, 0.05) is 47.2 Å². The van der Waals surface area contributed by atoms with Crippen LogP contribution in [-0.2, 0) is 19.1 Å². The fourth-order valence-electron chi connectivity index (χ4n) is 4.32. The van der Waals surface area contributed by atoms with E-state index >= 15 is 0 Å². The van der Waals surface area contributed by atoms with E-state index in [0.717, 1.165) is 5.70 Å². The van der Waals surface area contributed by atoms with Crippen molar-refractivity contribution in [3.05, 3.63) is 80.6 Å². The summed E-state index contributed by atoms with van der Waals surface area (Å²) in [5, 5.41) is 5.32. The zero-order chi connectivity index (χ0) is 22.0. The summed E-state index contributed by atoms with van der Waals surface area (Å²) in [5.74, 6) is -1.36. The number of ketones is 1. The van der Waals surface area contributed by atoms with Crippen molar-refractivity contribution in [3.8, 4) is 0 Å². The van der Waals surface area contributed by atoms with Crippen LogP contribution in [-0.4, -0.2) is 32.1 Å². The zero-order valence-corrected chi connectivity index (χ0v) is 18.3. The maximum absolute atomic E-state index is 13.6. The van der Waals surface area contributed by atoms with Gasteiger partial charge in [0.15, 0.2) is 5.78 Å². The van der Waals surface area contributed by atoms with E-state index in [9.17, 15) is 14.0 Å². The van der Waals surface area contributed by atoms with Gasteiger partial charge < -0.3 is 14.8 Å². The monoisotopic (exact) mass is 441 g/mol. The van der Waals surface area contributed by atoms with Gasteiger partial charge in [-0.25, -0.2) is 9.18 Å². The Bertz CT molecular complexity index is 1040. The van der Waals surface area contributed by atoms with E-state index in [-0.39, 0.29) is 30.7 Å². The Kier molecular flexibility index (Phi) is 6.34. The quantitative estimate of drug-likeness (QED) is 0.530. The summed E-state index contributed by atoms with van der Waals surface area (Å²) in [6, 6.07) is 10.00. The Morgan fingerprint density at radius 2 is 1.97 bits per heavy atom. The van der Waals surface area contributed by atoms with E-state index in [1.54, 1.807) is 23.5 Å². The number of rotatable bonds is 6. The summed E-state index contributed by atoms with van der Waals surface area (Å²) >= 11 is 1.64. The highest BCUT2D eigenvalue weighted by Gasteiger charge is 2.41. The predicted molar refractivity (Wildman–Crippen MR) is 116 cm³/mol. The molecule has 2 aromatic rings. The Morgan fingerprint density at radius 1 is 1.19 bits per heavy atom. The predicted octanol–water partition coefficient (Wildman–Crippen LogP) is 4.44. The number of carbonyl (C=O) groups is 2. The first-order valence-electron chi connectivity index (χ1n) is 10.2. The molecular formula is C24H24FNO4S. The van der Waals surface area contributed by atoms with Crippen LogP contribution in [0.2, 0.25) is 0 Å². The molecule has 0 saturated carbocycles. The fourth-order valence-corrected chi connectivity index (χ4v) is 5.15. The maximum Gasteiger partial charge on any atom is 0.336 e. The van der Waals surface area contributed by atoms with Crippen molar-refractivity contribution in [1.82, 2.24) is 5.32 Å². The second-order valence-corrected chi connectivity index (χ2v) is 8.69. The first-order valence-corrected chi connectivity index (χ1v) is 11.1. The molecule has 31 heavy (non-hydrogen) atoms. The van der Waals surface area contributed by atoms with Crippen LogP contribution in [0, 0.1) is 5.82 Å². The molecule has 0 unspecified atom stereocenters. The van der Waals surface area contributed by atoms with Gasteiger partial charge in [-0.2, -0.15) is 0 Å². The van der Waals surface area contributed by atoms with Gasteiger partial charge in [-0.3, -0.25) is 4.79 Å². The summed E-state index contributed by atoms with van der Waals surface area (Å²) in [4.78, 5) is 27.5. The van der Waals surface area contributed by atoms with Gasteiger partial charge in [0.1, 0.15) is 12.4 Å². The number of Topliss-reactive ketones (excluding diaryl/α,β-unsaturated/α-hetero) is 1. The molecule has 0 bridgehead atoms. The Labute approximate surface area is 184 Å². The Hall–Kier alpha value is -2.77. The lowest BCUT2D eigenvalue weighted by Crippen LogP contribution is -2.36. The number of hydrogen-bond donors (Lipinski definition) is 1. The highest BCUT2D eigenvalue weighted by molar-refractivity contribution is 7.10. The molecule has 0 spiro atoms. The Balaban J connectivity index is 1.74. The molecule has 1 aromatic carbocycles. The number of nitrogens with one attached hydrogen (secondary N) is 1. The van der Waals surface area contributed by atoms with Crippen LogP contribution in [0.3, 0.4) is 0 Å². The number of dihydropyridines is 1. The van der Waals surface area contributed by atoms with Gasteiger partial charge in [0.25, 0.3) is 0 Å². The molecule has 7 heteroatoms. The third-order valence-electron chi connectivity index (χ3n) is 5.72. The third kappa shape index (κ3) is 4.34. The average molecular weight is 442 g/mol. The average Bonchev–Trinajstić information content (AvgIpc) is 3.28. The number of allylic oxidation sites excluding steroid dienone is 3. The second-order valence-electron chi connectivity index (χ2n) is 7.71. The molecule has 2 atom stereocenters. The van der Waals surface area contributed by atoms with Crippen LogP contribution in [0.25, 0.3) is 0 Å². The molecule has 0 fully saturated rings. The van der Waals surface area contributed by atoms with Crippen LogP contribution < -0.4 is 5.32 Å². The molecule has 0 amide bonds. The minimum absolute atomic E-state index is 0.00355. The minimum atomic E-state index is -0.594. The minimum Gasteiger partial charge on any atom is -0.460 e. The van der Waals surface area contributed by atoms with Crippen LogP contribution in [0.5, 0.6) is 0 Å². The van der Waals surface area contributed by atoms with Gasteiger partial charge in [-0.05, 0) is 42.5 Å². The molecule has 1 N–H and O–H groups in total. The highest BCUT2D eigenvalue weighted by atomic mass is 32.1. The Morgan fingerprint density at radius 3 is 2.65 bits per heavy atom. The summed E-state index contributed by atoms with van der Waals surface area (Å²) in [5.41, 5.74) is 3.12. The topological polar surface area (TPSA) is 64.6 Å². The fraction of sp³-hybridized carbons (Fsp3) is 0.333. The number of benzene rings is 1. The molecule has 2 heterocycles. The lowest BCUT2D eigenvalue weighted by Gasteiger charge is -2.36. The number of esters is 1. The van der Waals surface area contributed by atoms with Gasteiger partial charge in [-0.1, -0.05) is 18.2 Å². The molecule has 1 aliphatic carbocycles. The summed E-state index contributed by atoms with van der Waals surface area (Å²) in [7, 11) is 1.53. The summed E-state index contributed by atoms with van der Waals surface area (Å²) in [6.07, 6.45) is 1.06. The van der Waals surface area contributed by atoms with Crippen molar-refractivity contribution in [2.45, 2.75) is 31.6 Å². The highest BCUT2D eigenvalue weighted by Crippen LogP contribution is 2.46. The molecule has 4 rings (SSSR count). The molecule has 0 saturated heterocycles. The van der Waals surface area contributed by atoms with Crippen molar-refractivity contribution in [2.75, 3.05) is 20.3 Å².